The lowest BCUT2D eigenvalue weighted by atomic mass is 9.83. The second-order valence-corrected chi connectivity index (χ2v) is 21.3. The van der Waals surface area contributed by atoms with Gasteiger partial charge in [-0.2, -0.15) is 0 Å². The highest BCUT2D eigenvalue weighted by Crippen LogP contribution is 2.40. The third-order valence-corrected chi connectivity index (χ3v) is 15.8. The zero-order valence-corrected chi connectivity index (χ0v) is 28.5. The highest BCUT2D eigenvalue weighted by molar-refractivity contribution is 7.98. The summed E-state index contributed by atoms with van der Waals surface area (Å²) in [5.74, 6) is -0.328. The van der Waals surface area contributed by atoms with E-state index in [1.807, 2.05) is 27.7 Å². The van der Waals surface area contributed by atoms with Crippen molar-refractivity contribution in [1.29, 1.82) is 0 Å². The van der Waals surface area contributed by atoms with E-state index in [-0.39, 0.29) is 22.1 Å². The van der Waals surface area contributed by atoms with Crippen LogP contribution in [-0.2, 0) is 29.5 Å². The third-order valence-electron chi connectivity index (χ3n) is 8.15. The van der Waals surface area contributed by atoms with Gasteiger partial charge in [0.1, 0.15) is 14.4 Å². The van der Waals surface area contributed by atoms with Gasteiger partial charge in [0.15, 0.2) is 29.5 Å². The van der Waals surface area contributed by atoms with Crippen LogP contribution >= 0.6 is 0 Å². The summed E-state index contributed by atoms with van der Waals surface area (Å²) in [6.45, 7) is 16.4. The van der Waals surface area contributed by atoms with Crippen LogP contribution in [0.3, 0.4) is 0 Å². The summed E-state index contributed by atoms with van der Waals surface area (Å²) < 4.78 is 78.5. The molecule has 2 aliphatic rings. The first-order chi connectivity index (χ1) is 18.2. The zero-order chi connectivity index (χ0) is 32.1. The topological polar surface area (TPSA) is 154 Å². The molecule has 4 unspecified atom stereocenters. The summed E-state index contributed by atoms with van der Waals surface area (Å²) in [5, 5.41) is 0. The summed E-state index contributed by atoms with van der Waals surface area (Å²) in [6.07, 6.45) is 13.4. The molecule has 0 radical (unpaired) electrons. The van der Waals surface area contributed by atoms with E-state index in [0.29, 0.717) is 12.0 Å². The van der Waals surface area contributed by atoms with Crippen molar-refractivity contribution in [3.05, 3.63) is 70.1 Å². The minimum absolute atomic E-state index is 0.121. The molecule has 8 nitrogen and oxygen atoms in total. The molecule has 41 heavy (non-hydrogen) atoms. The fourth-order valence-corrected chi connectivity index (χ4v) is 9.74. The summed E-state index contributed by atoms with van der Waals surface area (Å²) in [7, 11) is -12.3. The van der Waals surface area contributed by atoms with Crippen LogP contribution in [0.1, 0.15) is 82.1 Å². The molecule has 0 heterocycles. The van der Waals surface area contributed by atoms with E-state index in [2.05, 4.69) is 0 Å². The molecule has 2 aliphatic carbocycles. The zero-order valence-electron chi connectivity index (χ0n) is 26.0. The standard InChI is InChI=1S/C30H48N2O6S3/c1-11-17-30(10,32)41(37,38)28(8)18-12-13-24(16-19-28)40(35,36)29(9)20-23(22(2)27(6,7)31)14-15-25(21-29)39(33,34)26(3,4)5/h12-16,18-22H,11,17,31-32H2,1-10H3. The Hall–Kier alpha value is -1.79. The van der Waals surface area contributed by atoms with E-state index < -0.39 is 54.2 Å². The predicted molar refractivity (Wildman–Crippen MR) is 170 cm³/mol. The molecule has 11 heteroatoms. The molecule has 0 aromatic rings. The van der Waals surface area contributed by atoms with E-state index in [4.69, 9.17) is 11.5 Å². The van der Waals surface area contributed by atoms with E-state index in [1.165, 1.54) is 63.3 Å². The Kier molecular flexibility index (Phi) is 9.54. The maximum atomic E-state index is 14.4. The van der Waals surface area contributed by atoms with Crippen LogP contribution in [-0.4, -0.2) is 49.9 Å². The van der Waals surface area contributed by atoms with Crippen LogP contribution in [0.4, 0.5) is 0 Å². The average molecular weight is 629 g/mol. The van der Waals surface area contributed by atoms with Gasteiger partial charge in [-0.15, -0.1) is 0 Å². The number of hydrogen-bond acceptors (Lipinski definition) is 8. The van der Waals surface area contributed by atoms with Crippen molar-refractivity contribution >= 4 is 29.5 Å². The molecule has 0 fully saturated rings. The van der Waals surface area contributed by atoms with Gasteiger partial charge in [0, 0.05) is 5.54 Å². The Morgan fingerprint density at radius 2 is 1.37 bits per heavy atom. The Bertz CT molecular complexity index is 1560. The first-order valence-corrected chi connectivity index (χ1v) is 18.2. The number of hydrogen-bond donors (Lipinski definition) is 2. The SMILES string of the molecule is CCCC(C)(N)S(=O)(=O)C1(C)C=CC=C(S(=O)(=O)C2(C)C=C(C(C)C(C)(C)N)C=CC(S(=O)(=O)C(C)(C)C)=C2)C=C1. The van der Waals surface area contributed by atoms with Crippen molar-refractivity contribution in [3.63, 3.8) is 0 Å². The molecular formula is C30H48N2O6S3. The van der Waals surface area contributed by atoms with Crippen molar-refractivity contribution in [2.45, 2.75) is 107 Å². The first-order valence-electron chi connectivity index (χ1n) is 13.7. The molecule has 2 rings (SSSR count). The normalized spacial score (nSPS) is 26.8. The van der Waals surface area contributed by atoms with Gasteiger partial charge in [0.2, 0.25) is 0 Å². The summed E-state index contributed by atoms with van der Waals surface area (Å²) in [4.78, 5) is -1.82. The lowest BCUT2D eigenvalue weighted by molar-refractivity contribution is 0.396. The maximum absolute atomic E-state index is 14.4. The second kappa shape index (κ2) is 11.0. The number of nitrogens with two attached hydrogens (primary N) is 2. The molecule has 0 aromatic carbocycles. The molecule has 4 atom stereocenters. The van der Waals surface area contributed by atoms with Gasteiger partial charge in [0.25, 0.3) is 0 Å². The Morgan fingerprint density at radius 3 is 1.85 bits per heavy atom. The maximum Gasteiger partial charge on any atom is 0.191 e. The molecule has 0 aromatic heterocycles. The van der Waals surface area contributed by atoms with Gasteiger partial charge in [0.05, 0.1) is 14.6 Å². The van der Waals surface area contributed by atoms with Crippen molar-refractivity contribution in [2.24, 2.45) is 17.4 Å². The van der Waals surface area contributed by atoms with Gasteiger partial charge in [-0.3, -0.25) is 0 Å². The Morgan fingerprint density at radius 1 is 0.805 bits per heavy atom. The molecule has 0 spiro atoms. The summed E-state index contributed by atoms with van der Waals surface area (Å²) in [5.41, 5.74) is 12.5. The van der Waals surface area contributed by atoms with Crippen LogP contribution in [0.5, 0.6) is 0 Å². The number of sulfone groups is 3. The van der Waals surface area contributed by atoms with Crippen LogP contribution in [0.15, 0.2) is 70.1 Å². The highest BCUT2D eigenvalue weighted by Gasteiger charge is 2.48. The highest BCUT2D eigenvalue weighted by atomic mass is 32.2. The number of rotatable bonds is 9. The first kappa shape index (κ1) is 35.4. The summed E-state index contributed by atoms with van der Waals surface area (Å²) >= 11 is 0. The van der Waals surface area contributed by atoms with Crippen LogP contribution < -0.4 is 11.5 Å². The van der Waals surface area contributed by atoms with Crippen molar-refractivity contribution in [1.82, 2.24) is 0 Å². The van der Waals surface area contributed by atoms with Gasteiger partial charge in [-0.05, 0) is 97.6 Å². The van der Waals surface area contributed by atoms with E-state index >= 15 is 0 Å². The second-order valence-electron chi connectivity index (χ2n) is 13.4. The van der Waals surface area contributed by atoms with Gasteiger partial charge >= 0.3 is 0 Å². The lowest BCUT2D eigenvalue weighted by Gasteiger charge is -2.33. The third kappa shape index (κ3) is 6.44. The van der Waals surface area contributed by atoms with E-state index in [9.17, 15) is 25.3 Å². The molecular weight excluding hydrogens is 581 g/mol. The molecule has 0 aliphatic heterocycles. The van der Waals surface area contributed by atoms with Crippen LogP contribution in [0, 0.1) is 5.92 Å². The van der Waals surface area contributed by atoms with Crippen LogP contribution in [0.25, 0.3) is 0 Å². The molecule has 232 valence electrons. The summed E-state index contributed by atoms with van der Waals surface area (Å²) in [6, 6.07) is 0. The minimum atomic E-state index is -4.32. The van der Waals surface area contributed by atoms with Crippen molar-refractivity contribution in [3.8, 4) is 0 Å². The fraction of sp³-hybridized carbons (Fsp3) is 0.600. The Balaban J connectivity index is 2.81. The largest absolute Gasteiger partial charge is 0.325 e. The van der Waals surface area contributed by atoms with Crippen molar-refractivity contribution in [2.75, 3.05) is 0 Å². The van der Waals surface area contributed by atoms with E-state index in [0.717, 1.165) is 0 Å². The van der Waals surface area contributed by atoms with Crippen molar-refractivity contribution < 1.29 is 25.3 Å². The molecule has 0 amide bonds. The number of allylic oxidation sites excluding steroid dienone is 5. The van der Waals surface area contributed by atoms with Gasteiger partial charge in [-0.25, -0.2) is 25.3 Å². The quantitative estimate of drug-likeness (QED) is 0.370. The molecule has 0 saturated carbocycles. The average Bonchev–Trinajstić information content (AvgIpc) is 3.13. The Labute approximate surface area is 248 Å². The monoisotopic (exact) mass is 628 g/mol. The van der Waals surface area contributed by atoms with Gasteiger partial charge in [-0.1, -0.05) is 50.6 Å². The minimum Gasteiger partial charge on any atom is -0.325 e. The lowest BCUT2D eigenvalue weighted by Crippen LogP contribution is -2.53. The predicted octanol–water partition coefficient (Wildman–Crippen LogP) is 4.79. The molecule has 0 bridgehead atoms. The van der Waals surface area contributed by atoms with Gasteiger partial charge < -0.3 is 11.5 Å². The van der Waals surface area contributed by atoms with Crippen LogP contribution in [0.2, 0.25) is 0 Å². The molecule has 4 N–H and O–H groups in total. The van der Waals surface area contributed by atoms with E-state index in [1.54, 1.807) is 32.9 Å². The fourth-order valence-electron chi connectivity index (χ4n) is 4.74. The smallest absolute Gasteiger partial charge is 0.191 e. The molecule has 0 saturated heterocycles.